The second-order valence-corrected chi connectivity index (χ2v) is 5.32. The lowest BCUT2D eigenvalue weighted by molar-refractivity contribution is 0.0792. The first-order valence-corrected chi connectivity index (χ1v) is 7.39. The predicted octanol–water partition coefficient (Wildman–Crippen LogP) is 3.53. The van der Waals surface area contributed by atoms with Gasteiger partial charge in [0, 0.05) is 24.2 Å². The van der Waals surface area contributed by atoms with Crippen molar-refractivity contribution in [3.63, 3.8) is 0 Å². The van der Waals surface area contributed by atoms with Crippen LogP contribution in [0.5, 0.6) is 11.5 Å². The van der Waals surface area contributed by atoms with Crippen molar-refractivity contribution in [1.82, 2.24) is 4.90 Å². The third kappa shape index (κ3) is 3.17. The summed E-state index contributed by atoms with van der Waals surface area (Å²) in [6.45, 7) is 1.66. The number of amides is 1. The highest BCUT2D eigenvalue weighted by Crippen LogP contribution is 2.23. The van der Waals surface area contributed by atoms with Gasteiger partial charge < -0.3 is 9.64 Å². The van der Waals surface area contributed by atoms with Crippen molar-refractivity contribution < 1.29 is 14.3 Å². The maximum absolute atomic E-state index is 12.4. The maximum Gasteiger partial charge on any atom is 0.253 e. The van der Waals surface area contributed by atoms with Crippen LogP contribution >= 0.6 is 0 Å². The Morgan fingerprint density at radius 3 is 2.41 bits per heavy atom. The summed E-state index contributed by atoms with van der Waals surface area (Å²) in [4.78, 5) is 24.9. The molecule has 0 atom stereocenters. The number of carbonyl (C=O) groups excluding carboxylic acids is 2. The molecular weight excluding hydrogens is 278 g/mol. The van der Waals surface area contributed by atoms with Crippen molar-refractivity contribution in [1.29, 1.82) is 0 Å². The SMILES string of the molecule is O=Cc1ccc(Oc2cccc(C(=O)N3CCCC3)c2)cc1. The molecule has 2 aromatic carbocycles. The van der Waals surface area contributed by atoms with E-state index in [2.05, 4.69) is 0 Å². The van der Waals surface area contributed by atoms with Crippen LogP contribution in [0.3, 0.4) is 0 Å². The Hall–Kier alpha value is -2.62. The van der Waals surface area contributed by atoms with E-state index in [9.17, 15) is 9.59 Å². The number of ether oxygens (including phenoxy) is 1. The van der Waals surface area contributed by atoms with Gasteiger partial charge in [-0.2, -0.15) is 0 Å². The summed E-state index contributed by atoms with van der Waals surface area (Å²) in [5, 5.41) is 0. The van der Waals surface area contributed by atoms with Crippen LogP contribution in [0.4, 0.5) is 0 Å². The molecular formula is C18H17NO3. The Morgan fingerprint density at radius 2 is 1.73 bits per heavy atom. The lowest BCUT2D eigenvalue weighted by Gasteiger charge is -2.15. The number of rotatable bonds is 4. The molecule has 4 nitrogen and oxygen atoms in total. The third-order valence-corrected chi connectivity index (χ3v) is 3.73. The number of benzene rings is 2. The summed E-state index contributed by atoms with van der Waals surface area (Å²) in [5.41, 5.74) is 1.24. The van der Waals surface area contributed by atoms with Gasteiger partial charge in [-0.25, -0.2) is 0 Å². The van der Waals surface area contributed by atoms with Crippen molar-refractivity contribution in [3.8, 4) is 11.5 Å². The quantitative estimate of drug-likeness (QED) is 0.811. The summed E-state index contributed by atoms with van der Waals surface area (Å²) in [5.74, 6) is 1.31. The van der Waals surface area contributed by atoms with Gasteiger partial charge in [-0.05, 0) is 55.3 Å². The molecule has 0 aromatic heterocycles. The molecule has 2 aromatic rings. The average molecular weight is 295 g/mol. The van der Waals surface area contributed by atoms with E-state index in [1.165, 1.54) is 0 Å². The smallest absolute Gasteiger partial charge is 0.253 e. The minimum absolute atomic E-state index is 0.0549. The second kappa shape index (κ2) is 6.43. The molecule has 0 saturated carbocycles. The molecule has 0 bridgehead atoms. The maximum atomic E-state index is 12.4. The molecule has 3 rings (SSSR count). The van der Waals surface area contributed by atoms with Gasteiger partial charge in [-0.3, -0.25) is 9.59 Å². The van der Waals surface area contributed by atoms with Crippen LogP contribution in [-0.2, 0) is 0 Å². The van der Waals surface area contributed by atoms with Crippen LogP contribution in [-0.4, -0.2) is 30.2 Å². The number of nitrogens with zero attached hydrogens (tertiary/aromatic N) is 1. The molecule has 112 valence electrons. The van der Waals surface area contributed by atoms with E-state index in [0.717, 1.165) is 32.2 Å². The lowest BCUT2D eigenvalue weighted by Crippen LogP contribution is -2.27. The summed E-state index contributed by atoms with van der Waals surface area (Å²) >= 11 is 0. The molecule has 1 saturated heterocycles. The van der Waals surface area contributed by atoms with Crippen LogP contribution in [0.25, 0.3) is 0 Å². The Balaban J connectivity index is 1.75. The zero-order chi connectivity index (χ0) is 15.4. The van der Waals surface area contributed by atoms with Gasteiger partial charge >= 0.3 is 0 Å². The predicted molar refractivity (Wildman–Crippen MR) is 83.5 cm³/mol. The minimum Gasteiger partial charge on any atom is -0.457 e. The van der Waals surface area contributed by atoms with Crippen LogP contribution in [0.2, 0.25) is 0 Å². The molecule has 22 heavy (non-hydrogen) atoms. The van der Waals surface area contributed by atoms with E-state index in [1.54, 1.807) is 30.3 Å². The van der Waals surface area contributed by atoms with Crippen molar-refractivity contribution in [2.45, 2.75) is 12.8 Å². The standard InChI is InChI=1S/C18H17NO3/c20-13-14-6-8-16(9-7-14)22-17-5-3-4-15(12-17)18(21)19-10-1-2-11-19/h3-9,12-13H,1-2,10-11H2. The van der Waals surface area contributed by atoms with Gasteiger partial charge in [0.1, 0.15) is 17.8 Å². The topological polar surface area (TPSA) is 46.6 Å². The van der Waals surface area contributed by atoms with Crippen molar-refractivity contribution in [3.05, 3.63) is 59.7 Å². The Labute approximate surface area is 129 Å². The molecule has 4 heteroatoms. The number of carbonyl (C=O) groups is 2. The molecule has 1 amide bonds. The largest absolute Gasteiger partial charge is 0.457 e. The fraction of sp³-hybridized carbons (Fsp3) is 0.222. The van der Waals surface area contributed by atoms with Gasteiger partial charge in [0.05, 0.1) is 0 Å². The Bertz CT molecular complexity index is 673. The highest BCUT2D eigenvalue weighted by atomic mass is 16.5. The van der Waals surface area contributed by atoms with E-state index in [4.69, 9.17) is 4.74 Å². The molecule has 0 aliphatic carbocycles. The summed E-state index contributed by atoms with van der Waals surface area (Å²) < 4.78 is 5.74. The van der Waals surface area contributed by atoms with Crippen LogP contribution < -0.4 is 4.74 Å². The van der Waals surface area contributed by atoms with Crippen molar-refractivity contribution >= 4 is 12.2 Å². The first-order chi connectivity index (χ1) is 10.8. The number of likely N-dealkylation sites (tertiary alicyclic amines) is 1. The number of hydrogen-bond donors (Lipinski definition) is 0. The molecule has 1 heterocycles. The van der Waals surface area contributed by atoms with Crippen LogP contribution in [0.1, 0.15) is 33.6 Å². The van der Waals surface area contributed by atoms with Crippen LogP contribution in [0, 0.1) is 0 Å². The van der Waals surface area contributed by atoms with Crippen molar-refractivity contribution in [2.24, 2.45) is 0 Å². The molecule has 0 N–H and O–H groups in total. The molecule has 0 radical (unpaired) electrons. The van der Waals surface area contributed by atoms with E-state index >= 15 is 0 Å². The molecule has 1 fully saturated rings. The zero-order valence-corrected chi connectivity index (χ0v) is 12.2. The summed E-state index contributed by atoms with van der Waals surface area (Å²) in [6.07, 6.45) is 2.94. The van der Waals surface area contributed by atoms with E-state index in [1.807, 2.05) is 23.1 Å². The fourth-order valence-electron chi connectivity index (χ4n) is 2.55. The average Bonchev–Trinajstić information content (AvgIpc) is 3.09. The van der Waals surface area contributed by atoms with E-state index in [-0.39, 0.29) is 5.91 Å². The monoisotopic (exact) mass is 295 g/mol. The van der Waals surface area contributed by atoms with Gasteiger partial charge in [-0.15, -0.1) is 0 Å². The zero-order valence-electron chi connectivity index (χ0n) is 12.2. The van der Waals surface area contributed by atoms with Gasteiger partial charge in [0.2, 0.25) is 0 Å². The second-order valence-electron chi connectivity index (χ2n) is 5.32. The fourth-order valence-corrected chi connectivity index (χ4v) is 2.55. The first kappa shape index (κ1) is 14.3. The summed E-state index contributed by atoms with van der Waals surface area (Å²) in [7, 11) is 0. The Morgan fingerprint density at radius 1 is 1.00 bits per heavy atom. The molecule has 0 spiro atoms. The lowest BCUT2D eigenvalue weighted by atomic mass is 10.2. The number of hydrogen-bond acceptors (Lipinski definition) is 3. The van der Waals surface area contributed by atoms with Gasteiger partial charge in [0.25, 0.3) is 5.91 Å². The first-order valence-electron chi connectivity index (χ1n) is 7.39. The molecule has 1 aliphatic heterocycles. The van der Waals surface area contributed by atoms with Gasteiger partial charge in [-0.1, -0.05) is 6.07 Å². The molecule has 1 aliphatic rings. The van der Waals surface area contributed by atoms with E-state index in [0.29, 0.717) is 22.6 Å². The summed E-state index contributed by atoms with van der Waals surface area (Å²) in [6, 6.07) is 14.1. The highest BCUT2D eigenvalue weighted by molar-refractivity contribution is 5.94. The van der Waals surface area contributed by atoms with Crippen molar-refractivity contribution in [2.75, 3.05) is 13.1 Å². The Kier molecular flexibility index (Phi) is 4.19. The minimum atomic E-state index is 0.0549. The van der Waals surface area contributed by atoms with Crippen LogP contribution in [0.15, 0.2) is 48.5 Å². The van der Waals surface area contributed by atoms with Gasteiger partial charge in [0.15, 0.2) is 0 Å². The number of aldehydes is 1. The normalized spacial score (nSPS) is 13.9. The van der Waals surface area contributed by atoms with E-state index < -0.39 is 0 Å². The third-order valence-electron chi connectivity index (χ3n) is 3.73. The molecule has 0 unspecified atom stereocenters. The highest BCUT2D eigenvalue weighted by Gasteiger charge is 2.19.